The van der Waals surface area contributed by atoms with Crippen LogP contribution in [0.4, 0.5) is 5.69 Å². The molecule has 92 valence electrons. The third kappa shape index (κ3) is 2.67. The van der Waals surface area contributed by atoms with Crippen molar-refractivity contribution in [3.63, 3.8) is 0 Å². The summed E-state index contributed by atoms with van der Waals surface area (Å²) in [6.07, 6.45) is 4.61. The minimum absolute atomic E-state index is 0.178. The lowest BCUT2D eigenvalue weighted by Gasteiger charge is -2.10. The van der Waals surface area contributed by atoms with Gasteiger partial charge in [0.05, 0.1) is 6.42 Å². The number of hydrogen-bond acceptors (Lipinski definition) is 2. The van der Waals surface area contributed by atoms with E-state index in [0.717, 1.165) is 36.9 Å². The van der Waals surface area contributed by atoms with Crippen molar-refractivity contribution in [2.45, 2.75) is 32.1 Å². The molecule has 1 N–H and O–H groups in total. The van der Waals surface area contributed by atoms with Crippen LogP contribution < -0.4 is 4.90 Å². The van der Waals surface area contributed by atoms with Crippen LogP contribution in [0, 0.1) is 0 Å². The molecule has 0 atom stereocenters. The number of amides is 1. The van der Waals surface area contributed by atoms with Gasteiger partial charge >= 0.3 is 0 Å². The molecule has 0 aliphatic carbocycles. The maximum Gasteiger partial charge on any atom is 0.231 e. The number of aliphatic hydroxyl groups is 1. The van der Waals surface area contributed by atoms with Crippen LogP contribution >= 0.6 is 0 Å². The number of aryl methyl sites for hydroxylation is 1. The van der Waals surface area contributed by atoms with Gasteiger partial charge in [0.25, 0.3) is 0 Å². The van der Waals surface area contributed by atoms with E-state index in [1.54, 1.807) is 4.90 Å². The molecular weight excluding hydrogens is 214 g/mol. The fraction of sp³-hybridized carbons (Fsp3) is 0.500. The molecule has 1 aliphatic heterocycles. The van der Waals surface area contributed by atoms with Gasteiger partial charge in [-0.15, -0.1) is 0 Å². The monoisotopic (exact) mass is 233 g/mol. The summed E-state index contributed by atoms with van der Waals surface area (Å²) >= 11 is 0. The van der Waals surface area contributed by atoms with Gasteiger partial charge in [0.2, 0.25) is 5.91 Å². The number of unbranched alkanes of at least 4 members (excludes halogenated alkanes) is 2. The van der Waals surface area contributed by atoms with E-state index in [1.165, 1.54) is 5.56 Å². The summed E-state index contributed by atoms with van der Waals surface area (Å²) < 4.78 is 0. The van der Waals surface area contributed by atoms with Gasteiger partial charge in [0.15, 0.2) is 0 Å². The molecule has 0 aromatic heterocycles. The molecule has 2 rings (SSSR count). The zero-order valence-corrected chi connectivity index (χ0v) is 10.3. The smallest absolute Gasteiger partial charge is 0.231 e. The third-order valence-electron chi connectivity index (χ3n) is 3.34. The number of fused-ring (bicyclic) bond motifs is 1. The molecule has 17 heavy (non-hydrogen) atoms. The van der Waals surface area contributed by atoms with E-state index >= 15 is 0 Å². The Balaban J connectivity index is 1.98. The van der Waals surface area contributed by atoms with Crippen LogP contribution in [0.15, 0.2) is 18.2 Å². The first kappa shape index (κ1) is 12.1. The van der Waals surface area contributed by atoms with Crippen molar-refractivity contribution in [2.75, 3.05) is 18.6 Å². The highest BCUT2D eigenvalue weighted by Gasteiger charge is 2.23. The summed E-state index contributed by atoms with van der Waals surface area (Å²) in [5, 5.41) is 8.71. The minimum Gasteiger partial charge on any atom is -0.396 e. The van der Waals surface area contributed by atoms with Gasteiger partial charge in [-0.25, -0.2) is 0 Å². The number of benzene rings is 1. The lowest BCUT2D eigenvalue weighted by Crippen LogP contribution is -2.20. The number of carbonyl (C=O) groups is 1. The highest BCUT2D eigenvalue weighted by molar-refractivity contribution is 6.00. The van der Waals surface area contributed by atoms with Crippen molar-refractivity contribution in [2.24, 2.45) is 0 Å². The fourth-order valence-electron chi connectivity index (χ4n) is 2.30. The molecule has 0 saturated heterocycles. The minimum atomic E-state index is 0.178. The summed E-state index contributed by atoms with van der Waals surface area (Å²) in [5.74, 6) is 0.178. The summed E-state index contributed by atoms with van der Waals surface area (Å²) in [6.45, 7) is 0.281. The van der Waals surface area contributed by atoms with Crippen LogP contribution in [0.3, 0.4) is 0 Å². The number of likely N-dealkylation sites (N-methyl/N-ethyl adjacent to an activating group) is 1. The Morgan fingerprint density at radius 1 is 1.29 bits per heavy atom. The zero-order chi connectivity index (χ0) is 12.3. The topological polar surface area (TPSA) is 40.5 Å². The highest BCUT2D eigenvalue weighted by Crippen LogP contribution is 2.28. The number of hydrogen-bond donors (Lipinski definition) is 1. The Hall–Kier alpha value is -1.35. The van der Waals surface area contributed by atoms with Crippen LogP contribution in [-0.4, -0.2) is 24.7 Å². The molecule has 1 amide bonds. The lowest BCUT2D eigenvalue weighted by molar-refractivity contribution is -0.117. The normalized spacial score (nSPS) is 14.2. The van der Waals surface area contributed by atoms with Crippen molar-refractivity contribution in [1.82, 2.24) is 0 Å². The van der Waals surface area contributed by atoms with Gasteiger partial charge in [-0.1, -0.05) is 18.6 Å². The molecule has 0 bridgehead atoms. The van der Waals surface area contributed by atoms with Crippen molar-refractivity contribution in [1.29, 1.82) is 0 Å². The highest BCUT2D eigenvalue weighted by atomic mass is 16.2. The molecule has 1 aliphatic rings. The van der Waals surface area contributed by atoms with Crippen LogP contribution in [0.2, 0.25) is 0 Å². The van der Waals surface area contributed by atoms with Gasteiger partial charge in [-0.05, 0) is 36.5 Å². The maximum absolute atomic E-state index is 11.5. The fourth-order valence-corrected chi connectivity index (χ4v) is 2.30. The number of aliphatic hydroxyl groups excluding tert-OH is 1. The van der Waals surface area contributed by atoms with Crippen LogP contribution in [0.1, 0.15) is 30.4 Å². The van der Waals surface area contributed by atoms with E-state index in [2.05, 4.69) is 12.1 Å². The van der Waals surface area contributed by atoms with Crippen molar-refractivity contribution >= 4 is 11.6 Å². The van der Waals surface area contributed by atoms with Crippen LogP contribution in [0.5, 0.6) is 0 Å². The predicted molar refractivity (Wildman–Crippen MR) is 68.2 cm³/mol. The second-order valence-corrected chi connectivity index (χ2v) is 4.63. The molecule has 0 unspecified atom stereocenters. The molecule has 0 saturated carbocycles. The molecule has 0 fully saturated rings. The van der Waals surface area contributed by atoms with Gasteiger partial charge in [0.1, 0.15) is 0 Å². The first-order valence-electron chi connectivity index (χ1n) is 6.21. The third-order valence-corrected chi connectivity index (χ3v) is 3.34. The van der Waals surface area contributed by atoms with Crippen LogP contribution in [-0.2, 0) is 17.6 Å². The molecule has 1 heterocycles. The Morgan fingerprint density at radius 3 is 2.88 bits per heavy atom. The summed E-state index contributed by atoms with van der Waals surface area (Å²) in [5.41, 5.74) is 3.50. The molecule has 3 heteroatoms. The van der Waals surface area contributed by atoms with Crippen molar-refractivity contribution in [3.05, 3.63) is 29.3 Å². The first-order valence-corrected chi connectivity index (χ1v) is 6.21. The largest absolute Gasteiger partial charge is 0.396 e. The van der Waals surface area contributed by atoms with Crippen LogP contribution in [0.25, 0.3) is 0 Å². The van der Waals surface area contributed by atoms with E-state index in [-0.39, 0.29) is 12.5 Å². The van der Waals surface area contributed by atoms with E-state index in [1.807, 2.05) is 13.1 Å². The standard InChI is InChI=1S/C14H19NO2/c1-15-13-7-6-11(5-3-2-4-8-16)9-12(13)10-14(15)17/h6-7,9,16H,2-5,8,10H2,1H3. The van der Waals surface area contributed by atoms with Gasteiger partial charge in [-0.2, -0.15) is 0 Å². The average molecular weight is 233 g/mol. The zero-order valence-electron chi connectivity index (χ0n) is 10.3. The first-order chi connectivity index (χ1) is 8.22. The average Bonchev–Trinajstić information content (AvgIpc) is 2.61. The van der Waals surface area contributed by atoms with Gasteiger partial charge in [-0.3, -0.25) is 4.79 Å². The Morgan fingerprint density at radius 2 is 2.12 bits per heavy atom. The van der Waals surface area contributed by atoms with Crippen molar-refractivity contribution in [3.8, 4) is 0 Å². The number of nitrogens with zero attached hydrogens (tertiary/aromatic N) is 1. The summed E-state index contributed by atoms with van der Waals surface area (Å²) in [6, 6.07) is 6.30. The molecular formula is C14H19NO2. The van der Waals surface area contributed by atoms with E-state index in [4.69, 9.17) is 5.11 Å². The van der Waals surface area contributed by atoms with Gasteiger partial charge < -0.3 is 10.0 Å². The maximum atomic E-state index is 11.5. The second kappa shape index (κ2) is 5.32. The molecule has 3 nitrogen and oxygen atoms in total. The van der Waals surface area contributed by atoms with E-state index < -0.39 is 0 Å². The molecule has 1 aromatic carbocycles. The number of carbonyl (C=O) groups excluding carboxylic acids is 1. The summed E-state index contributed by atoms with van der Waals surface area (Å²) in [7, 11) is 1.83. The molecule has 0 spiro atoms. The van der Waals surface area contributed by atoms with E-state index in [9.17, 15) is 4.79 Å². The number of anilines is 1. The molecule has 1 aromatic rings. The second-order valence-electron chi connectivity index (χ2n) is 4.63. The molecule has 0 radical (unpaired) electrons. The summed E-state index contributed by atoms with van der Waals surface area (Å²) in [4.78, 5) is 13.3. The quantitative estimate of drug-likeness (QED) is 0.789. The van der Waals surface area contributed by atoms with Crippen molar-refractivity contribution < 1.29 is 9.90 Å². The SMILES string of the molecule is CN1C(=O)Cc2cc(CCCCCO)ccc21. The predicted octanol–water partition coefficient (Wildman–Crippen LogP) is 1.91. The Labute approximate surface area is 102 Å². The lowest BCUT2D eigenvalue weighted by atomic mass is 10.0. The Bertz CT molecular complexity index is 415. The Kier molecular flexibility index (Phi) is 3.79. The van der Waals surface area contributed by atoms with Gasteiger partial charge in [0, 0.05) is 19.3 Å². The van der Waals surface area contributed by atoms with E-state index in [0.29, 0.717) is 6.42 Å². The number of rotatable bonds is 5.